The van der Waals surface area contributed by atoms with Gasteiger partial charge in [0.2, 0.25) is 0 Å². The molecule has 0 aromatic rings. The Hall–Kier alpha value is -0.340. The van der Waals surface area contributed by atoms with Gasteiger partial charge >= 0.3 is 0 Å². The normalized spacial score (nSPS) is 12.7. The van der Waals surface area contributed by atoms with Crippen LogP contribution in [0.2, 0.25) is 0 Å². The van der Waals surface area contributed by atoms with Crippen molar-refractivity contribution in [1.29, 1.82) is 0 Å². The van der Waals surface area contributed by atoms with Crippen LogP contribution >= 0.6 is 0 Å². The van der Waals surface area contributed by atoms with Crippen LogP contribution in [0.25, 0.3) is 0 Å². The van der Waals surface area contributed by atoms with Crippen LogP contribution in [0.4, 0.5) is 0 Å². The summed E-state index contributed by atoms with van der Waals surface area (Å²) >= 11 is 0. The summed E-state index contributed by atoms with van der Waals surface area (Å²) in [5.41, 5.74) is 0. The fourth-order valence-electron chi connectivity index (χ4n) is 1.10. The van der Waals surface area contributed by atoms with Crippen LogP contribution in [0.3, 0.4) is 0 Å². The topological polar surface area (TPSA) is 23.1 Å². The van der Waals surface area contributed by atoms with Crippen LogP contribution in [-0.4, -0.2) is 25.3 Å². The van der Waals surface area contributed by atoms with Crippen molar-refractivity contribution in [3.63, 3.8) is 0 Å². The summed E-state index contributed by atoms with van der Waals surface area (Å²) < 4.78 is -0.149. The lowest BCUT2D eigenvalue weighted by molar-refractivity contribution is -0.840. The number of hydroxylamine groups is 3. The summed E-state index contributed by atoms with van der Waals surface area (Å²) in [6, 6.07) is 0. The molecule has 0 spiro atoms. The first-order valence-corrected chi connectivity index (χ1v) is 4.71. The first-order valence-electron chi connectivity index (χ1n) is 4.71. The molecule has 0 radical (unpaired) electrons. The van der Waals surface area contributed by atoms with E-state index in [-0.39, 0.29) is 4.65 Å². The SMILES string of the molecule is C/C=C/CCCCC[N+](C)(C)[O-]. The van der Waals surface area contributed by atoms with Gasteiger partial charge in [-0.1, -0.05) is 12.2 Å². The average molecular weight is 171 g/mol. The number of hydrogen-bond acceptors (Lipinski definition) is 1. The van der Waals surface area contributed by atoms with Gasteiger partial charge in [-0.25, -0.2) is 0 Å². The molecule has 0 aliphatic heterocycles. The summed E-state index contributed by atoms with van der Waals surface area (Å²) in [4.78, 5) is 0. The molecule has 2 heteroatoms. The van der Waals surface area contributed by atoms with Gasteiger partial charge in [-0.2, -0.15) is 0 Å². The Bertz CT molecular complexity index is 124. The van der Waals surface area contributed by atoms with E-state index in [4.69, 9.17) is 0 Å². The number of nitrogens with zero attached hydrogens (tertiary/aromatic N) is 1. The van der Waals surface area contributed by atoms with E-state index >= 15 is 0 Å². The van der Waals surface area contributed by atoms with Gasteiger partial charge in [0.15, 0.2) is 0 Å². The number of quaternary nitrogens is 1. The van der Waals surface area contributed by atoms with E-state index < -0.39 is 0 Å². The van der Waals surface area contributed by atoms with E-state index in [0.29, 0.717) is 0 Å². The minimum Gasteiger partial charge on any atom is -0.633 e. The summed E-state index contributed by atoms with van der Waals surface area (Å²) in [7, 11) is 3.40. The molecule has 0 aromatic carbocycles. The largest absolute Gasteiger partial charge is 0.633 e. The first-order chi connectivity index (χ1) is 5.56. The van der Waals surface area contributed by atoms with Crippen LogP contribution in [0.5, 0.6) is 0 Å². The molecule has 0 rings (SSSR count). The molecular formula is C10H21NO. The highest BCUT2D eigenvalue weighted by Gasteiger charge is 1.99. The molecule has 0 aliphatic rings. The number of allylic oxidation sites excluding steroid dienone is 2. The van der Waals surface area contributed by atoms with Crippen LogP contribution in [0, 0.1) is 5.21 Å². The Morgan fingerprint density at radius 2 is 1.83 bits per heavy atom. The molecule has 0 N–H and O–H groups in total. The van der Waals surface area contributed by atoms with Crippen molar-refractivity contribution >= 4 is 0 Å². The van der Waals surface area contributed by atoms with Crippen LogP contribution in [-0.2, 0) is 0 Å². The zero-order valence-electron chi connectivity index (χ0n) is 8.55. The average Bonchev–Trinajstić information content (AvgIpc) is 1.94. The first kappa shape index (κ1) is 11.7. The highest BCUT2D eigenvalue weighted by atomic mass is 16.5. The Morgan fingerprint density at radius 1 is 1.17 bits per heavy atom. The molecule has 0 fully saturated rings. The van der Waals surface area contributed by atoms with Gasteiger partial charge in [-0.05, 0) is 32.6 Å². The van der Waals surface area contributed by atoms with Gasteiger partial charge in [0.05, 0.1) is 20.6 Å². The highest BCUT2D eigenvalue weighted by molar-refractivity contribution is 4.76. The van der Waals surface area contributed by atoms with E-state index in [2.05, 4.69) is 12.2 Å². The van der Waals surface area contributed by atoms with Gasteiger partial charge < -0.3 is 9.85 Å². The second-order valence-corrected chi connectivity index (χ2v) is 3.72. The van der Waals surface area contributed by atoms with E-state index in [9.17, 15) is 5.21 Å². The third-order valence-electron chi connectivity index (χ3n) is 1.80. The fourth-order valence-corrected chi connectivity index (χ4v) is 1.10. The van der Waals surface area contributed by atoms with Crippen LogP contribution in [0.15, 0.2) is 12.2 Å². The Labute approximate surface area is 76.1 Å². The quantitative estimate of drug-likeness (QED) is 0.261. The van der Waals surface area contributed by atoms with Crippen molar-refractivity contribution in [2.45, 2.75) is 32.6 Å². The predicted molar refractivity (Wildman–Crippen MR) is 53.6 cm³/mol. The standard InChI is InChI=1S/C10H21NO/c1-4-5-6-7-8-9-10-11(2,3)12/h4-5H,6-10H2,1-3H3/b5-4+. The van der Waals surface area contributed by atoms with Gasteiger partial charge in [0, 0.05) is 0 Å². The maximum atomic E-state index is 11.1. The molecule has 0 atom stereocenters. The van der Waals surface area contributed by atoms with Crippen molar-refractivity contribution in [3.8, 4) is 0 Å². The fraction of sp³-hybridized carbons (Fsp3) is 0.800. The van der Waals surface area contributed by atoms with E-state index in [0.717, 1.165) is 19.4 Å². The van der Waals surface area contributed by atoms with E-state index in [1.807, 2.05) is 6.92 Å². The van der Waals surface area contributed by atoms with Crippen molar-refractivity contribution < 1.29 is 4.65 Å². The number of unbranched alkanes of at least 4 members (excludes halogenated alkanes) is 3. The monoisotopic (exact) mass is 171 g/mol. The second kappa shape index (κ2) is 6.21. The van der Waals surface area contributed by atoms with Crippen molar-refractivity contribution in [1.82, 2.24) is 0 Å². The Morgan fingerprint density at radius 3 is 2.33 bits per heavy atom. The lowest BCUT2D eigenvalue weighted by Crippen LogP contribution is -2.32. The Kier molecular flexibility index (Phi) is 6.03. The molecule has 72 valence electrons. The number of hydrogen-bond donors (Lipinski definition) is 0. The molecule has 0 saturated carbocycles. The summed E-state index contributed by atoms with van der Waals surface area (Å²) in [6.07, 6.45) is 8.85. The van der Waals surface area contributed by atoms with Crippen molar-refractivity contribution in [2.75, 3.05) is 20.6 Å². The third kappa shape index (κ3) is 9.66. The van der Waals surface area contributed by atoms with Gasteiger partial charge in [-0.15, -0.1) is 0 Å². The van der Waals surface area contributed by atoms with Gasteiger partial charge in [0.1, 0.15) is 0 Å². The molecule has 2 nitrogen and oxygen atoms in total. The lowest BCUT2D eigenvalue weighted by atomic mass is 10.2. The lowest BCUT2D eigenvalue weighted by Gasteiger charge is -2.33. The molecule has 0 bridgehead atoms. The molecule has 0 amide bonds. The number of rotatable bonds is 6. The molecule has 0 saturated heterocycles. The zero-order valence-corrected chi connectivity index (χ0v) is 8.55. The van der Waals surface area contributed by atoms with Crippen molar-refractivity contribution in [3.05, 3.63) is 17.4 Å². The minimum atomic E-state index is -0.149. The molecule has 0 heterocycles. The van der Waals surface area contributed by atoms with E-state index in [1.54, 1.807) is 14.1 Å². The zero-order chi connectivity index (χ0) is 9.45. The predicted octanol–water partition coefficient (Wildman–Crippen LogP) is 2.70. The summed E-state index contributed by atoms with van der Waals surface area (Å²) in [5.74, 6) is 0. The van der Waals surface area contributed by atoms with Crippen molar-refractivity contribution in [2.24, 2.45) is 0 Å². The van der Waals surface area contributed by atoms with Crippen LogP contribution < -0.4 is 0 Å². The highest BCUT2D eigenvalue weighted by Crippen LogP contribution is 2.04. The second-order valence-electron chi connectivity index (χ2n) is 3.72. The molecular weight excluding hydrogens is 150 g/mol. The molecule has 12 heavy (non-hydrogen) atoms. The minimum absolute atomic E-state index is 0.149. The van der Waals surface area contributed by atoms with Crippen LogP contribution in [0.1, 0.15) is 32.6 Å². The molecule has 0 aromatic heterocycles. The maximum absolute atomic E-state index is 11.1. The Balaban J connectivity index is 3.11. The van der Waals surface area contributed by atoms with E-state index in [1.165, 1.54) is 12.8 Å². The van der Waals surface area contributed by atoms with Gasteiger partial charge in [-0.3, -0.25) is 0 Å². The van der Waals surface area contributed by atoms with Gasteiger partial charge in [0.25, 0.3) is 0 Å². The molecule has 0 unspecified atom stereocenters. The summed E-state index contributed by atoms with van der Waals surface area (Å²) in [6.45, 7) is 2.79. The third-order valence-corrected chi connectivity index (χ3v) is 1.80. The smallest absolute Gasteiger partial charge is 0.0779 e. The summed E-state index contributed by atoms with van der Waals surface area (Å²) in [5, 5.41) is 11.1. The molecule has 0 aliphatic carbocycles. The maximum Gasteiger partial charge on any atom is 0.0779 e.